The summed E-state index contributed by atoms with van der Waals surface area (Å²) >= 11 is 6.07. The van der Waals surface area contributed by atoms with Crippen molar-refractivity contribution < 1.29 is 4.79 Å². The van der Waals surface area contributed by atoms with Crippen molar-refractivity contribution in [3.63, 3.8) is 0 Å². The molecule has 1 fully saturated rings. The molecule has 2 nitrogen and oxygen atoms in total. The Morgan fingerprint density at radius 2 is 2.06 bits per heavy atom. The summed E-state index contributed by atoms with van der Waals surface area (Å²) in [6.07, 6.45) is 4.35. The molecule has 0 bridgehead atoms. The zero-order valence-corrected chi connectivity index (χ0v) is 10.2. The van der Waals surface area contributed by atoms with E-state index in [0.29, 0.717) is 5.02 Å². The van der Waals surface area contributed by atoms with E-state index in [2.05, 4.69) is 5.32 Å². The molecular formula is C13H16ClNO. The second kappa shape index (κ2) is 4.88. The normalized spacial score (nSPS) is 16.4. The Balaban J connectivity index is 2.05. The smallest absolute Gasteiger partial charge is 0.227 e. The molecule has 86 valence electrons. The van der Waals surface area contributed by atoms with E-state index in [0.717, 1.165) is 24.1 Å². The maximum absolute atomic E-state index is 11.9. The van der Waals surface area contributed by atoms with Gasteiger partial charge in [0.2, 0.25) is 5.91 Å². The SMILES string of the molecule is Cc1ccc(NC(=O)C2CCCC2)c(Cl)c1. The van der Waals surface area contributed by atoms with Crippen molar-refractivity contribution in [1.29, 1.82) is 0 Å². The quantitative estimate of drug-likeness (QED) is 0.834. The predicted molar refractivity (Wildman–Crippen MR) is 66.8 cm³/mol. The van der Waals surface area contributed by atoms with Crippen LogP contribution in [0.4, 0.5) is 5.69 Å². The van der Waals surface area contributed by atoms with Crippen LogP contribution in [0.5, 0.6) is 0 Å². The van der Waals surface area contributed by atoms with E-state index in [4.69, 9.17) is 11.6 Å². The van der Waals surface area contributed by atoms with Gasteiger partial charge < -0.3 is 5.32 Å². The molecule has 2 rings (SSSR count). The second-order valence-electron chi connectivity index (χ2n) is 4.45. The van der Waals surface area contributed by atoms with E-state index in [1.165, 1.54) is 12.8 Å². The number of nitrogens with one attached hydrogen (secondary N) is 1. The van der Waals surface area contributed by atoms with Gasteiger partial charge in [0.15, 0.2) is 0 Å². The second-order valence-corrected chi connectivity index (χ2v) is 4.86. The molecule has 1 N–H and O–H groups in total. The molecule has 1 aliphatic rings. The minimum atomic E-state index is 0.114. The van der Waals surface area contributed by atoms with E-state index < -0.39 is 0 Å². The number of carbonyl (C=O) groups is 1. The van der Waals surface area contributed by atoms with Gasteiger partial charge in [-0.3, -0.25) is 4.79 Å². The Morgan fingerprint density at radius 1 is 1.38 bits per heavy atom. The number of rotatable bonds is 2. The first-order chi connectivity index (χ1) is 7.66. The van der Waals surface area contributed by atoms with E-state index in [1.807, 2.05) is 25.1 Å². The highest BCUT2D eigenvalue weighted by Gasteiger charge is 2.22. The monoisotopic (exact) mass is 237 g/mol. The van der Waals surface area contributed by atoms with Gasteiger partial charge in [-0.25, -0.2) is 0 Å². The summed E-state index contributed by atoms with van der Waals surface area (Å²) in [5.41, 5.74) is 1.83. The lowest BCUT2D eigenvalue weighted by atomic mass is 10.1. The standard InChI is InChI=1S/C13H16ClNO/c1-9-6-7-12(11(14)8-9)15-13(16)10-4-2-3-5-10/h6-8,10H,2-5H2,1H3,(H,15,16). The van der Waals surface area contributed by atoms with Crippen molar-refractivity contribution in [2.24, 2.45) is 5.92 Å². The molecule has 1 aliphatic carbocycles. The van der Waals surface area contributed by atoms with Crippen molar-refractivity contribution in [3.8, 4) is 0 Å². The van der Waals surface area contributed by atoms with E-state index in [-0.39, 0.29) is 11.8 Å². The summed E-state index contributed by atoms with van der Waals surface area (Å²) < 4.78 is 0. The molecule has 0 heterocycles. The molecule has 16 heavy (non-hydrogen) atoms. The fourth-order valence-electron chi connectivity index (χ4n) is 2.14. The van der Waals surface area contributed by atoms with E-state index in [1.54, 1.807) is 0 Å². The van der Waals surface area contributed by atoms with Crippen LogP contribution in [0.3, 0.4) is 0 Å². The third-order valence-electron chi connectivity index (χ3n) is 3.11. The van der Waals surface area contributed by atoms with Gasteiger partial charge in [0.05, 0.1) is 10.7 Å². The van der Waals surface area contributed by atoms with E-state index in [9.17, 15) is 4.79 Å². The molecule has 0 spiro atoms. The molecular weight excluding hydrogens is 222 g/mol. The Morgan fingerprint density at radius 3 is 2.69 bits per heavy atom. The van der Waals surface area contributed by atoms with Crippen molar-refractivity contribution in [2.45, 2.75) is 32.6 Å². The zero-order chi connectivity index (χ0) is 11.5. The van der Waals surface area contributed by atoms with Gasteiger partial charge in [-0.1, -0.05) is 30.5 Å². The zero-order valence-electron chi connectivity index (χ0n) is 9.42. The van der Waals surface area contributed by atoms with Crippen LogP contribution in [-0.2, 0) is 4.79 Å². The first-order valence-electron chi connectivity index (χ1n) is 5.74. The molecule has 1 saturated carbocycles. The summed E-state index contributed by atoms with van der Waals surface area (Å²) in [4.78, 5) is 11.9. The fraction of sp³-hybridized carbons (Fsp3) is 0.462. The minimum Gasteiger partial charge on any atom is -0.325 e. The highest BCUT2D eigenvalue weighted by molar-refractivity contribution is 6.33. The molecule has 0 unspecified atom stereocenters. The van der Waals surface area contributed by atoms with Crippen LogP contribution in [0, 0.1) is 12.8 Å². The third-order valence-corrected chi connectivity index (χ3v) is 3.42. The first kappa shape index (κ1) is 11.5. The van der Waals surface area contributed by atoms with Crippen LogP contribution in [0.25, 0.3) is 0 Å². The van der Waals surface area contributed by atoms with Crippen LogP contribution in [-0.4, -0.2) is 5.91 Å². The molecule has 1 aromatic rings. The van der Waals surface area contributed by atoms with Crippen molar-refractivity contribution >= 4 is 23.2 Å². The topological polar surface area (TPSA) is 29.1 Å². The number of carbonyl (C=O) groups excluding carboxylic acids is 1. The van der Waals surface area contributed by atoms with Gasteiger partial charge in [-0.15, -0.1) is 0 Å². The van der Waals surface area contributed by atoms with Gasteiger partial charge in [-0.05, 0) is 37.5 Å². The lowest BCUT2D eigenvalue weighted by Crippen LogP contribution is -2.20. The lowest BCUT2D eigenvalue weighted by Gasteiger charge is -2.11. The summed E-state index contributed by atoms with van der Waals surface area (Å²) in [6, 6.07) is 5.69. The Bertz CT molecular complexity index is 397. The number of amides is 1. The highest BCUT2D eigenvalue weighted by atomic mass is 35.5. The summed E-state index contributed by atoms with van der Waals surface area (Å²) in [7, 11) is 0. The number of hydrogen-bond donors (Lipinski definition) is 1. The van der Waals surface area contributed by atoms with Gasteiger partial charge in [0.25, 0.3) is 0 Å². The number of hydrogen-bond acceptors (Lipinski definition) is 1. The molecule has 0 saturated heterocycles. The largest absolute Gasteiger partial charge is 0.325 e. The number of halogens is 1. The summed E-state index contributed by atoms with van der Waals surface area (Å²) in [5, 5.41) is 3.53. The molecule has 1 aromatic carbocycles. The van der Waals surface area contributed by atoms with E-state index >= 15 is 0 Å². The molecule has 1 amide bonds. The van der Waals surface area contributed by atoms with Crippen molar-refractivity contribution in [1.82, 2.24) is 0 Å². The van der Waals surface area contributed by atoms with Crippen LogP contribution in [0.15, 0.2) is 18.2 Å². The van der Waals surface area contributed by atoms with Crippen LogP contribution < -0.4 is 5.32 Å². The average Bonchev–Trinajstić information content (AvgIpc) is 2.75. The number of aryl methyl sites for hydroxylation is 1. The number of anilines is 1. The van der Waals surface area contributed by atoms with Gasteiger partial charge in [-0.2, -0.15) is 0 Å². The Hall–Kier alpha value is -1.02. The number of benzene rings is 1. The van der Waals surface area contributed by atoms with Crippen LogP contribution in [0.1, 0.15) is 31.2 Å². The maximum Gasteiger partial charge on any atom is 0.227 e. The molecule has 0 aliphatic heterocycles. The molecule has 0 radical (unpaired) electrons. The average molecular weight is 238 g/mol. The fourth-order valence-corrected chi connectivity index (χ4v) is 2.43. The summed E-state index contributed by atoms with van der Waals surface area (Å²) in [5.74, 6) is 0.292. The van der Waals surface area contributed by atoms with Crippen molar-refractivity contribution in [2.75, 3.05) is 5.32 Å². The summed E-state index contributed by atoms with van der Waals surface area (Å²) in [6.45, 7) is 1.98. The molecule has 0 aromatic heterocycles. The lowest BCUT2D eigenvalue weighted by molar-refractivity contribution is -0.119. The van der Waals surface area contributed by atoms with Crippen molar-refractivity contribution in [3.05, 3.63) is 28.8 Å². The Labute approximate surface area is 101 Å². The molecule has 3 heteroatoms. The highest BCUT2D eigenvalue weighted by Crippen LogP contribution is 2.28. The molecule has 0 atom stereocenters. The maximum atomic E-state index is 11.9. The minimum absolute atomic E-state index is 0.114. The van der Waals surface area contributed by atoms with Gasteiger partial charge in [0.1, 0.15) is 0 Å². The first-order valence-corrected chi connectivity index (χ1v) is 6.11. The van der Waals surface area contributed by atoms with Crippen LogP contribution >= 0.6 is 11.6 Å². The Kier molecular flexibility index (Phi) is 3.49. The third kappa shape index (κ3) is 2.56. The predicted octanol–water partition coefficient (Wildman–Crippen LogP) is 3.78. The van der Waals surface area contributed by atoms with Gasteiger partial charge >= 0.3 is 0 Å². The van der Waals surface area contributed by atoms with Gasteiger partial charge in [0, 0.05) is 5.92 Å². The van der Waals surface area contributed by atoms with Crippen LogP contribution in [0.2, 0.25) is 5.02 Å².